The van der Waals surface area contributed by atoms with Crippen molar-refractivity contribution in [2.45, 2.75) is 20.0 Å². The summed E-state index contributed by atoms with van der Waals surface area (Å²) in [7, 11) is 0. The Bertz CT molecular complexity index is 604. The second-order valence-electron chi connectivity index (χ2n) is 5.31. The van der Waals surface area contributed by atoms with E-state index in [1.165, 1.54) is 16.7 Å². The molecule has 0 atom stereocenters. The molecule has 0 amide bonds. The second-order valence-corrected chi connectivity index (χ2v) is 6.23. The fourth-order valence-electron chi connectivity index (χ4n) is 2.24. The lowest BCUT2D eigenvalue weighted by Gasteiger charge is -2.21. The zero-order chi connectivity index (χ0) is 15.8. The van der Waals surface area contributed by atoms with Gasteiger partial charge in [-0.2, -0.15) is 5.26 Å². The van der Waals surface area contributed by atoms with E-state index in [2.05, 4.69) is 82.4 Å². The van der Waals surface area contributed by atoms with Crippen LogP contribution in [0, 0.1) is 18.3 Å². The van der Waals surface area contributed by atoms with Gasteiger partial charge in [0, 0.05) is 30.2 Å². The third-order valence-corrected chi connectivity index (χ3v) is 3.93. The minimum absolute atomic E-state index is 0.761. The Morgan fingerprint density at radius 3 is 2.09 bits per heavy atom. The highest BCUT2D eigenvalue weighted by atomic mass is 79.9. The van der Waals surface area contributed by atoms with E-state index in [0.29, 0.717) is 0 Å². The summed E-state index contributed by atoms with van der Waals surface area (Å²) in [5, 5.41) is 8.66. The van der Waals surface area contributed by atoms with Gasteiger partial charge in [-0.1, -0.05) is 64.0 Å². The van der Waals surface area contributed by atoms with Crippen LogP contribution in [0.5, 0.6) is 0 Å². The molecule has 3 heteroatoms. The van der Waals surface area contributed by atoms with Crippen molar-refractivity contribution in [3.8, 4) is 6.07 Å². The number of nitrogens with zero attached hydrogens (tertiary/aromatic N) is 2. The number of allylic oxidation sites excluding steroid dienone is 1. The Hall–Kier alpha value is -1.89. The number of halogens is 1. The Balaban J connectivity index is 2.07. The first-order valence-corrected chi connectivity index (χ1v) is 8.03. The van der Waals surface area contributed by atoms with Gasteiger partial charge in [0.25, 0.3) is 0 Å². The molecule has 0 aliphatic heterocycles. The molecule has 0 unspecified atom stereocenters. The van der Waals surface area contributed by atoms with Gasteiger partial charge in [0.15, 0.2) is 0 Å². The van der Waals surface area contributed by atoms with Gasteiger partial charge in [-0.05, 0) is 30.2 Å². The van der Waals surface area contributed by atoms with E-state index in [0.717, 1.165) is 24.1 Å². The number of nitriles is 1. The quantitative estimate of drug-likeness (QED) is 0.694. The van der Waals surface area contributed by atoms with E-state index >= 15 is 0 Å². The van der Waals surface area contributed by atoms with Crippen molar-refractivity contribution in [3.63, 3.8) is 0 Å². The molecule has 22 heavy (non-hydrogen) atoms. The highest BCUT2D eigenvalue weighted by Crippen LogP contribution is 2.14. The van der Waals surface area contributed by atoms with Crippen molar-refractivity contribution in [1.29, 1.82) is 5.26 Å². The van der Waals surface area contributed by atoms with Crippen LogP contribution in [0.4, 0.5) is 0 Å². The molecule has 112 valence electrons. The minimum atomic E-state index is 0.761. The van der Waals surface area contributed by atoms with Crippen molar-refractivity contribution in [2.24, 2.45) is 0 Å². The third-order valence-electron chi connectivity index (χ3n) is 3.40. The molecule has 2 aromatic rings. The van der Waals surface area contributed by atoms with Gasteiger partial charge < -0.3 is 0 Å². The number of rotatable bonds is 6. The Morgan fingerprint density at radius 1 is 1.00 bits per heavy atom. The smallest absolute Gasteiger partial charge is 0.0909 e. The fourth-order valence-corrected chi connectivity index (χ4v) is 2.50. The van der Waals surface area contributed by atoms with Crippen LogP contribution in [0.3, 0.4) is 0 Å². The molecule has 0 spiro atoms. The Morgan fingerprint density at radius 2 is 1.55 bits per heavy atom. The lowest BCUT2D eigenvalue weighted by molar-refractivity contribution is 0.286. The second kappa shape index (κ2) is 8.53. The molecule has 0 heterocycles. The molecular formula is C19H19BrN2. The van der Waals surface area contributed by atoms with Crippen molar-refractivity contribution in [3.05, 3.63) is 81.8 Å². The maximum absolute atomic E-state index is 8.66. The normalized spacial score (nSPS) is 11.0. The first-order chi connectivity index (χ1) is 10.7. The minimum Gasteiger partial charge on any atom is -0.291 e. The Kier molecular flexibility index (Phi) is 6.39. The predicted octanol–water partition coefficient (Wildman–Crippen LogP) is 4.84. The summed E-state index contributed by atoms with van der Waals surface area (Å²) in [6.45, 7) is 4.58. The molecule has 0 fully saturated rings. The van der Waals surface area contributed by atoms with E-state index in [4.69, 9.17) is 5.26 Å². The third kappa shape index (κ3) is 5.48. The number of aryl methyl sites for hydroxylation is 1. The molecule has 0 bridgehead atoms. The number of hydrogen-bond donors (Lipinski definition) is 0. The highest BCUT2D eigenvalue weighted by molar-refractivity contribution is 9.10. The lowest BCUT2D eigenvalue weighted by Crippen LogP contribution is -2.22. The molecule has 0 aromatic heterocycles. The van der Waals surface area contributed by atoms with Crippen LogP contribution in [0.25, 0.3) is 0 Å². The molecule has 0 aliphatic carbocycles. The number of hydrogen-bond acceptors (Lipinski definition) is 2. The first kappa shape index (κ1) is 16.5. The van der Waals surface area contributed by atoms with E-state index in [9.17, 15) is 0 Å². The van der Waals surface area contributed by atoms with Crippen molar-refractivity contribution >= 4 is 15.9 Å². The van der Waals surface area contributed by atoms with Crippen molar-refractivity contribution in [1.82, 2.24) is 4.90 Å². The maximum Gasteiger partial charge on any atom is 0.0909 e. The average Bonchev–Trinajstić information content (AvgIpc) is 2.52. The summed E-state index contributed by atoms with van der Waals surface area (Å²) in [5.41, 5.74) is 3.82. The van der Waals surface area contributed by atoms with Gasteiger partial charge in [0.2, 0.25) is 0 Å². The highest BCUT2D eigenvalue weighted by Gasteiger charge is 2.06. The van der Waals surface area contributed by atoms with E-state index in [-0.39, 0.29) is 0 Å². The molecule has 0 saturated heterocycles. The summed E-state index contributed by atoms with van der Waals surface area (Å²) in [6.07, 6.45) is 3.46. The van der Waals surface area contributed by atoms with E-state index in [1.54, 1.807) is 6.08 Å². The molecule has 0 N–H and O–H groups in total. The lowest BCUT2D eigenvalue weighted by atomic mass is 10.1. The van der Waals surface area contributed by atoms with Crippen LogP contribution < -0.4 is 0 Å². The first-order valence-electron chi connectivity index (χ1n) is 7.24. The van der Waals surface area contributed by atoms with Gasteiger partial charge in [-0.3, -0.25) is 4.90 Å². The summed E-state index contributed by atoms with van der Waals surface area (Å²) in [5.74, 6) is 0. The molecular weight excluding hydrogens is 336 g/mol. The topological polar surface area (TPSA) is 27.0 Å². The van der Waals surface area contributed by atoms with Crippen LogP contribution in [0.2, 0.25) is 0 Å². The molecule has 0 aliphatic rings. The summed E-state index contributed by atoms with van der Waals surface area (Å²) < 4.78 is 1.09. The van der Waals surface area contributed by atoms with Gasteiger partial charge in [-0.25, -0.2) is 0 Å². The van der Waals surface area contributed by atoms with Gasteiger partial charge in [0.05, 0.1) is 6.07 Å². The van der Waals surface area contributed by atoms with Crippen LogP contribution in [0.15, 0.2) is 65.2 Å². The largest absolute Gasteiger partial charge is 0.291 e. The molecule has 2 nitrogen and oxygen atoms in total. The van der Waals surface area contributed by atoms with Crippen LogP contribution in [-0.2, 0) is 13.1 Å². The Labute approximate surface area is 140 Å². The van der Waals surface area contributed by atoms with Crippen LogP contribution in [0.1, 0.15) is 16.7 Å². The van der Waals surface area contributed by atoms with Gasteiger partial charge >= 0.3 is 0 Å². The fraction of sp³-hybridized carbons (Fsp3) is 0.211. The summed E-state index contributed by atoms with van der Waals surface area (Å²) in [6, 6.07) is 19.0. The molecule has 0 radical (unpaired) electrons. The maximum atomic E-state index is 8.66. The molecule has 0 saturated carbocycles. The van der Waals surface area contributed by atoms with Gasteiger partial charge in [-0.15, -0.1) is 0 Å². The summed E-state index contributed by atoms with van der Waals surface area (Å²) >= 11 is 3.46. The average molecular weight is 355 g/mol. The zero-order valence-electron chi connectivity index (χ0n) is 12.7. The SMILES string of the molecule is Cc1ccc(CN(C/C=C/C#N)Cc2ccc(Br)cc2)cc1. The predicted molar refractivity (Wildman–Crippen MR) is 94.2 cm³/mol. The van der Waals surface area contributed by atoms with Crippen molar-refractivity contribution < 1.29 is 0 Å². The van der Waals surface area contributed by atoms with Crippen LogP contribution >= 0.6 is 15.9 Å². The van der Waals surface area contributed by atoms with Gasteiger partial charge in [0.1, 0.15) is 0 Å². The number of benzene rings is 2. The monoisotopic (exact) mass is 354 g/mol. The summed E-state index contributed by atoms with van der Waals surface area (Å²) in [4.78, 5) is 2.32. The van der Waals surface area contributed by atoms with Crippen LogP contribution in [-0.4, -0.2) is 11.4 Å². The van der Waals surface area contributed by atoms with E-state index < -0.39 is 0 Å². The molecule has 2 aromatic carbocycles. The zero-order valence-corrected chi connectivity index (χ0v) is 14.3. The molecule has 2 rings (SSSR count). The standard InChI is InChI=1S/C19H19BrN2/c1-16-4-6-17(7-5-16)14-22(13-3-2-12-21)15-18-8-10-19(20)11-9-18/h2-11H,13-15H2,1H3/b3-2+. The van der Waals surface area contributed by atoms with Crippen molar-refractivity contribution in [2.75, 3.05) is 6.54 Å². The van der Waals surface area contributed by atoms with E-state index in [1.807, 2.05) is 6.08 Å².